The van der Waals surface area contributed by atoms with Crippen LogP contribution in [-0.4, -0.2) is 24.5 Å². The number of nitrogens with one attached hydrogen (secondary N) is 1. The van der Waals surface area contributed by atoms with Crippen LogP contribution in [0.5, 0.6) is 5.75 Å². The van der Waals surface area contributed by atoms with Crippen LogP contribution in [0.15, 0.2) is 27.4 Å². The Labute approximate surface area is 162 Å². The lowest BCUT2D eigenvalue weighted by molar-refractivity contribution is -0.305. The molecule has 0 saturated carbocycles. The van der Waals surface area contributed by atoms with Crippen LogP contribution in [0.1, 0.15) is 50.2 Å². The number of aliphatic carboxylic acids is 1. The molecule has 0 unspecified atom stereocenters. The van der Waals surface area contributed by atoms with Gasteiger partial charge in [0.25, 0.3) is 5.91 Å². The lowest BCUT2D eigenvalue weighted by Crippen LogP contribution is -2.36. The molecule has 0 radical (unpaired) electrons. The van der Waals surface area contributed by atoms with Gasteiger partial charge in [0, 0.05) is 29.5 Å². The summed E-state index contributed by atoms with van der Waals surface area (Å²) in [4.78, 5) is 34.6. The molecule has 1 aliphatic carbocycles. The Hall–Kier alpha value is -2.83. The summed E-state index contributed by atoms with van der Waals surface area (Å²) in [5.74, 6) is -0.845. The van der Waals surface area contributed by atoms with Gasteiger partial charge >= 0.3 is 5.63 Å². The van der Waals surface area contributed by atoms with Crippen molar-refractivity contribution in [2.45, 2.75) is 58.0 Å². The van der Waals surface area contributed by atoms with E-state index in [4.69, 9.17) is 9.15 Å². The van der Waals surface area contributed by atoms with Gasteiger partial charge in [0.2, 0.25) is 0 Å². The highest BCUT2D eigenvalue weighted by molar-refractivity contribution is 5.84. The van der Waals surface area contributed by atoms with Gasteiger partial charge in [-0.1, -0.05) is 6.42 Å². The summed E-state index contributed by atoms with van der Waals surface area (Å²) in [6, 6.07) is 5.31. The molecule has 1 aromatic heterocycles. The van der Waals surface area contributed by atoms with E-state index in [2.05, 4.69) is 5.32 Å². The average Bonchev–Trinajstić information content (AvgIpc) is 3.14. The topological polar surface area (TPSA) is 109 Å². The molecular formula is C21H24NO6-. The Balaban J connectivity index is 1.55. The molecule has 7 heteroatoms. The van der Waals surface area contributed by atoms with Gasteiger partial charge in [-0.15, -0.1) is 0 Å². The van der Waals surface area contributed by atoms with E-state index in [1.165, 1.54) is 0 Å². The fraction of sp³-hybridized carbons (Fsp3) is 0.476. The molecule has 1 heterocycles. The molecule has 1 aliphatic rings. The number of hydrogen-bond acceptors (Lipinski definition) is 6. The van der Waals surface area contributed by atoms with Crippen molar-refractivity contribution in [1.29, 1.82) is 0 Å². The number of hydrogen-bond donors (Lipinski definition) is 1. The summed E-state index contributed by atoms with van der Waals surface area (Å²) in [6.07, 6.45) is 3.86. The Morgan fingerprint density at radius 1 is 1.21 bits per heavy atom. The highest BCUT2D eigenvalue weighted by atomic mass is 16.5. The normalized spacial score (nSPS) is 13.9. The summed E-state index contributed by atoms with van der Waals surface area (Å²) in [5, 5.41) is 14.0. The van der Waals surface area contributed by atoms with Crippen LogP contribution in [0, 0.1) is 0 Å². The van der Waals surface area contributed by atoms with E-state index < -0.39 is 12.1 Å². The molecule has 0 bridgehead atoms. The summed E-state index contributed by atoms with van der Waals surface area (Å²) in [5.41, 5.74) is 2.01. The lowest BCUT2D eigenvalue weighted by atomic mass is 10.1. The van der Waals surface area contributed by atoms with Crippen molar-refractivity contribution >= 4 is 22.8 Å². The second-order valence-electron chi connectivity index (χ2n) is 7.09. The van der Waals surface area contributed by atoms with E-state index in [9.17, 15) is 19.5 Å². The van der Waals surface area contributed by atoms with Crippen LogP contribution in [0.3, 0.4) is 0 Å². The molecule has 2 aromatic rings. The number of fused-ring (bicyclic) bond motifs is 3. The first-order valence-corrected chi connectivity index (χ1v) is 9.68. The smallest absolute Gasteiger partial charge is 0.339 e. The Kier molecular flexibility index (Phi) is 6.34. The fourth-order valence-corrected chi connectivity index (χ4v) is 3.52. The monoisotopic (exact) mass is 386 g/mol. The largest absolute Gasteiger partial charge is 0.550 e. The molecule has 0 fully saturated rings. The minimum atomic E-state index is -1.05. The molecule has 0 aliphatic heterocycles. The lowest BCUT2D eigenvalue weighted by Gasteiger charge is -2.15. The third kappa shape index (κ3) is 4.71. The maximum Gasteiger partial charge on any atom is 0.339 e. The van der Waals surface area contributed by atoms with Gasteiger partial charge in [-0.3, -0.25) is 4.79 Å². The Morgan fingerprint density at radius 3 is 2.79 bits per heavy atom. The maximum atomic E-state index is 12.1. The minimum absolute atomic E-state index is 0.0365. The molecule has 1 N–H and O–H groups in total. The van der Waals surface area contributed by atoms with Crippen molar-refractivity contribution in [3.8, 4) is 5.75 Å². The molecule has 1 amide bonds. The average molecular weight is 386 g/mol. The van der Waals surface area contributed by atoms with Crippen molar-refractivity contribution in [2.75, 3.05) is 6.54 Å². The molecular weight excluding hydrogens is 362 g/mol. The van der Waals surface area contributed by atoms with Crippen molar-refractivity contribution in [3.05, 3.63) is 39.7 Å². The number of carbonyl (C=O) groups excluding carboxylic acids is 2. The molecule has 0 saturated heterocycles. The first kappa shape index (κ1) is 19.9. The second kappa shape index (κ2) is 8.91. The van der Waals surface area contributed by atoms with Gasteiger partial charge in [0.1, 0.15) is 11.3 Å². The number of unbranched alkanes of at least 4 members (excludes halogenated alkanes) is 2. The maximum absolute atomic E-state index is 12.1. The third-order valence-electron chi connectivity index (χ3n) is 4.98. The van der Waals surface area contributed by atoms with E-state index in [0.717, 1.165) is 35.8 Å². The van der Waals surface area contributed by atoms with E-state index in [1.54, 1.807) is 19.1 Å². The van der Waals surface area contributed by atoms with E-state index >= 15 is 0 Å². The van der Waals surface area contributed by atoms with Crippen LogP contribution < -0.4 is 20.8 Å². The van der Waals surface area contributed by atoms with E-state index in [0.29, 0.717) is 37.1 Å². The minimum Gasteiger partial charge on any atom is -0.550 e. The highest BCUT2D eigenvalue weighted by Gasteiger charge is 2.20. The molecule has 0 spiro atoms. The Bertz CT molecular complexity index is 932. The number of carboxylic acids is 1. The zero-order valence-electron chi connectivity index (χ0n) is 15.9. The highest BCUT2D eigenvalue weighted by Crippen LogP contribution is 2.29. The fourth-order valence-electron chi connectivity index (χ4n) is 3.52. The van der Waals surface area contributed by atoms with Crippen LogP contribution in [0.4, 0.5) is 0 Å². The predicted molar refractivity (Wildman–Crippen MR) is 101 cm³/mol. The summed E-state index contributed by atoms with van der Waals surface area (Å²) in [7, 11) is 0. The van der Waals surface area contributed by atoms with Gasteiger partial charge < -0.3 is 24.4 Å². The standard InChI is InChI=1S/C21H25NO6/c1-13(20(25)22-11-4-2-3-8-19(23)24)27-14-9-10-16-15-6-5-7-17(15)21(26)28-18(16)12-14/h9-10,12-13H,2-8,11H2,1H3,(H,22,25)(H,23,24)/p-1/t13-/m1/s1. The van der Waals surface area contributed by atoms with Crippen LogP contribution in [-0.2, 0) is 22.4 Å². The zero-order chi connectivity index (χ0) is 20.1. The van der Waals surface area contributed by atoms with E-state index in [-0.39, 0.29) is 18.0 Å². The summed E-state index contributed by atoms with van der Waals surface area (Å²) < 4.78 is 11.1. The first-order chi connectivity index (χ1) is 13.5. The number of amides is 1. The van der Waals surface area contributed by atoms with Gasteiger partial charge in [-0.2, -0.15) is 0 Å². The number of carbonyl (C=O) groups is 2. The first-order valence-electron chi connectivity index (χ1n) is 9.68. The quantitative estimate of drug-likeness (QED) is 0.516. The van der Waals surface area contributed by atoms with Gasteiger partial charge in [-0.25, -0.2) is 4.79 Å². The van der Waals surface area contributed by atoms with Crippen LogP contribution >= 0.6 is 0 Å². The predicted octanol–water partition coefficient (Wildman–Crippen LogP) is 1.48. The number of aryl methyl sites for hydroxylation is 1. The summed E-state index contributed by atoms with van der Waals surface area (Å²) >= 11 is 0. The third-order valence-corrected chi connectivity index (χ3v) is 4.98. The van der Waals surface area contributed by atoms with Gasteiger partial charge in [0.05, 0.1) is 0 Å². The summed E-state index contributed by atoms with van der Waals surface area (Å²) in [6.45, 7) is 2.10. The molecule has 28 heavy (non-hydrogen) atoms. The van der Waals surface area contributed by atoms with Crippen LogP contribution in [0.2, 0.25) is 0 Å². The van der Waals surface area contributed by atoms with Crippen molar-refractivity contribution in [3.63, 3.8) is 0 Å². The molecule has 7 nitrogen and oxygen atoms in total. The molecule has 1 atom stereocenters. The molecule has 1 aromatic carbocycles. The van der Waals surface area contributed by atoms with Gasteiger partial charge in [-0.05, 0) is 63.1 Å². The van der Waals surface area contributed by atoms with Crippen molar-refractivity contribution in [1.82, 2.24) is 5.32 Å². The zero-order valence-corrected chi connectivity index (χ0v) is 15.9. The van der Waals surface area contributed by atoms with E-state index in [1.807, 2.05) is 6.07 Å². The SMILES string of the molecule is C[C@@H](Oc1ccc2c3c(c(=O)oc2c1)CCC3)C(=O)NCCCCCC(=O)[O-]. The van der Waals surface area contributed by atoms with Crippen LogP contribution in [0.25, 0.3) is 11.0 Å². The Morgan fingerprint density at radius 2 is 2.00 bits per heavy atom. The van der Waals surface area contributed by atoms with Gasteiger partial charge in [0.15, 0.2) is 6.10 Å². The second-order valence-corrected chi connectivity index (χ2v) is 7.09. The number of carboxylic acid groups (broad SMARTS) is 1. The van der Waals surface area contributed by atoms with Crippen molar-refractivity contribution < 1.29 is 23.8 Å². The molecule has 3 rings (SSSR count). The number of rotatable bonds is 9. The number of ether oxygens (including phenoxy) is 1. The van der Waals surface area contributed by atoms with Crippen molar-refractivity contribution in [2.24, 2.45) is 0 Å². The number of benzene rings is 1. The molecule has 150 valence electrons.